The maximum atomic E-state index is 5.94. The Morgan fingerprint density at radius 3 is 3.09 bits per heavy atom. The van der Waals surface area contributed by atoms with Gasteiger partial charge in [-0.2, -0.15) is 5.10 Å². The molecule has 0 saturated carbocycles. The molecule has 4 heterocycles. The second-order valence-electron chi connectivity index (χ2n) is 5.92. The zero-order chi connectivity index (χ0) is 15.5. The molecule has 3 aromatic rings. The van der Waals surface area contributed by atoms with Gasteiger partial charge in [-0.25, -0.2) is 9.38 Å². The zero-order valence-electron chi connectivity index (χ0n) is 12.6. The largest absolute Gasteiger partial charge is 0.370 e. The molecular weight excluding hydrogens is 336 g/mol. The number of hydrogen-bond donors (Lipinski definition) is 1. The number of rotatable bonds is 2. The van der Waals surface area contributed by atoms with Gasteiger partial charge in [-0.05, 0) is 37.4 Å². The van der Waals surface area contributed by atoms with Crippen molar-refractivity contribution in [2.24, 2.45) is 0 Å². The van der Waals surface area contributed by atoms with Crippen molar-refractivity contribution >= 4 is 51.2 Å². The average molecular weight is 353 g/mol. The molecule has 5 nitrogen and oxygen atoms in total. The third-order valence-corrected chi connectivity index (χ3v) is 6.02. The molecule has 0 atom stereocenters. The van der Waals surface area contributed by atoms with Crippen LogP contribution in [0.1, 0.15) is 31.2 Å². The minimum Gasteiger partial charge on any atom is -0.370 e. The number of thioether (sulfide) groups is 1. The van der Waals surface area contributed by atoms with Crippen LogP contribution in [0.15, 0.2) is 5.16 Å². The Bertz CT molecular complexity index is 937. The maximum absolute atomic E-state index is 5.94. The normalized spacial score (nSPS) is 17.2. The lowest BCUT2D eigenvalue weighted by Gasteiger charge is -2.30. The van der Waals surface area contributed by atoms with E-state index in [9.17, 15) is 0 Å². The van der Waals surface area contributed by atoms with Gasteiger partial charge in [0.1, 0.15) is 4.83 Å². The van der Waals surface area contributed by atoms with Crippen LogP contribution >= 0.6 is 35.3 Å². The summed E-state index contributed by atoms with van der Waals surface area (Å²) in [7, 11) is 0. The van der Waals surface area contributed by atoms with Crippen molar-refractivity contribution in [3.8, 4) is 0 Å². The van der Waals surface area contributed by atoms with Crippen LogP contribution in [-0.2, 0) is 17.8 Å². The number of aromatic amines is 1. The van der Waals surface area contributed by atoms with Gasteiger partial charge in [0.2, 0.25) is 4.77 Å². The second-order valence-corrected chi connectivity index (χ2v) is 8.63. The van der Waals surface area contributed by atoms with E-state index in [1.807, 2.05) is 4.40 Å². The Labute approximate surface area is 141 Å². The Balaban J connectivity index is 2.09. The number of H-pyrrole nitrogens is 1. The molecule has 0 radical (unpaired) electrons. The van der Waals surface area contributed by atoms with E-state index in [1.54, 1.807) is 23.1 Å². The van der Waals surface area contributed by atoms with Crippen molar-refractivity contribution in [3.05, 3.63) is 15.2 Å². The molecule has 22 heavy (non-hydrogen) atoms. The summed E-state index contributed by atoms with van der Waals surface area (Å²) in [5.74, 6) is 0.946. The molecule has 1 aliphatic heterocycles. The number of aromatic nitrogens is 4. The number of nitrogens with zero attached hydrogens (tertiary/aromatic N) is 3. The molecule has 0 saturated heterocycles. The molecule has 0 aromatic carbocycles. The van der Waals surface area contributed by atoms with E-state index in [0.29, 0.717) is 11.4 Å². The summed E-state index contributed by atoms with van der Waals surface area (Å²) in [4.78, 5) is 7.13. The Morgan fingerprint density at radius 1 is 1.50 bits per heavy atom. The zero-order valence-corrected chi connectivity index (χ0v) is 15.0. The van der Waals surface area contributed by atoms with E-state index in [2.05, 4.69) is 31.0 Å². The third kappa shape index (κ3) is 2.12. The molecule has 116 valence electrons. The molecule has 3 aromatic heterocycles. The van der Waals surface area contributed by atoms with E-state index in [1.165, 1.54) is 10.4 Å². The van der Waals surface area contributed by atoms with Crippen LogP contribution in [0.3, 0.4) is 0 Å². The van der Waals surface area contributed by atoms with Crippen molar-refractivity contribution in [3.63, 3.8) is 0 Å². The number of ether oxygens (including phenoxy) is 1. The van der Waals surface area contributed by atoms with Gasteiger partial charge in [-0.3, -0.25) is 5.10 Å². The predicted octanol–water partition coefficient (Wildman–Crippen LogP) is 3.96. The fourth-order valence-corrected chi connectivity index (χ4v) is 5.01. The van der Waals surface area contributed by atoms with E-state index in [0.717, 1.165) is 33.2 Å². The average Bonchev–Trinajstić information content (AvgIpc) is 2.99. The summed E-state index contributed by atoms with van der Waals surface area (Å²) in [6.45, 7) is 7.02. The summed E-state index contributed by atoms with van der Waals surface area (Å²) in [5.41, 5.74) is 2.05. The first kappa shape index (κ1) is 14.6. The van der Waals surface area contributed by atoms with Gasteiger partial charge in [0.05, 0.1) is 17.6 Å². The first-order valence-corrected chi connectivity index (χ1v) is 9.39. The summed E-state index contributed by atoms with van der Waals surface area (Å²) in [6, 6.07) is 0. The molecule has 1 aliphatic rings. The molecule has 4 rings (SSSR count). The fraction of sp³-hybridized carbons (Fsp3) is 0.500. The Hall–Kier alpha value is -0.960. The van der Waals surface area contributed by atoms with E-state index in [4.69, 9.17) is 21.9 Å². The topological polar surface area (TPSA) is 55.2 Å². The van der Waals surface area contributed by atoms with Crippen LogP contribution < -0.4 is 0 Å². The van der Waals surface area contributed by atoms with Gasteiger partial charge in [0, 0.05) is 11.3 Å². The van der Waals surface area contributed by atoms with Gasteiger partial charge in [-0.1, -0.05) is 18.7 Å². The monoisotopic (exact) mass is 352 g/mol. The first-order valence-electron chi connectivity index (χ1n) is 7.18. The standard InChI is InChI=1S/C14H16N4OS3/c1-4-21-13-15-11-9(10-16-17-12(20)18(10)13)7-5-14(2,3)19-6-8(7)22-11/h4-6H2,1-3H3,(H,17,20). The van der Waals surface area contributed by atoms with E-state index in [-0.39, 0.29) is 5.60 Å². The first-order chi connectivity index (χ1) is 10.5. The second kappa shape index (κ2) is 5.02. The molecule has 1 N–H and O–H groups in total. The van der Waals surface area contributed by atoms with Crippen molar-refractivity contribution < 1.29 is 4.74 Å². The molecule has 0 amide bonds. The van der Waals surface area contributed by atoms with Crippen molar-refractivity contribution in [2.45, 2.75) is 44.6 Å². The van der Waals surface area contributed by atoms with Gasteiger partial charge in [-0.15, -0.1) is 11.3 Å². The highest BCUT2D eigenvalue weighted by molar-refractivity contribution is 7.99. The minimum absolute atomic E-state index is 0.151. The van der Waals surface area contributed by atoms with Crippen LogP contribution in [0.4, 0.5) is 0 Å². The molecule has 8 heteroatoms. The number of fused-ring (bicyclic) bond motifs is 5. The Morgan fingerprint density at radius 2 is 2.32 bits per heavy atom. The maximum Gasteiger partial charge on any atom is 0.201 e. The number of thiophene rings is 1. The van der Waals surface area contributed by atoms with Crippen LogP contribution in [-0.4, -0.2) is 30.9 Å². The smallest absolute Gasteiger partial charge is 0.201 e. The molecule has 0 spiro atoms. The summed E-state index contributed by atoms with van der Waals surface area (Å²) < 4.78 is 8.50. The fourth-order valence-electron chi connectivity index (χ4n) is 2.85. The number of nitrogens with one attached hydrogen (secondary N) is 1. The molecular formula is C14H16N4OS3. The lowest BCUT2D eigenvalue weighted by molar-refractivity contribution is -0.0379. The molecule has 0 fully saturated rings. The van der Waals surface area contributed by atoms with Crippen LogP contribution in [0.5, 0.6) is 0 Å². The highest BCUT2D eigenvalue weighted by Gasteiger charge is 2.31. The molecule has 0 aliphatic carbocycles. The summed E-state index contributed by atoms with van der Waals surface area (Å²) in [5, 5.41) is 9.43. The lowest BCUT2D eigenvalue weighted by atomic mass is 9.94. The van der Waals surface area contributed by atoms with Gasteiger partial charge >= 0.3 is 0 Å². The van der Waals surface area contributed by atoms with Gasteiger partial charge < -0.3 is 4.74 Å². The van der Waals surface area contributed by atoms with Crippen molar-refractivity contribution in [1.82, 2.24) is 19.6 Å². The van der Waals surface area contributed by atoms with Crippen molar-refractivity contribution in [2.75, 3.05) is 5.75 Å². The molecule has 0 bridgehead atoms. The Kier molecular flexibility index (Phi) is 3.34. The molecule has 0 unspecified atom stereocenters. The number of hydrogen-bond acceptors (Lipinski definition) is 6. The summed E-state index contributed by atoms with van der Waals surface area (Å²) in [6.07, 6.45) is 0.875. The minimum atomic E-state index is -0.151. The highest BCUT2D eigenvalue weighted by Crippen LogP contribution is 2.40. The quantitative estimate of drug-likeness (QED) is 0.430. The van der Waals surface area contributed by atoms with E-state index >= 15 is 0 Å². The predicted molar refractivity (Wildman–Crippen MR) is 92.5 cm³/mol. The van der Waals surface area contributed by atoms with Crippen LogP contribution in [0, 0.1) is 4.77 Å². The van der Waals surface area contributed by atoms with Crippen LogP contribution in [0.2, 0.25) is 0 Å². The summed E-state index contributed by atoms with van der Waals surface area (Å²) >= 11 is 8.79. The van der Waals surface area contributed by atoms with E-state index < -0.39 is 0 Å². The van der Waals surface area contributed by atoms with Gasteiger partial charge in [0.25, 0.3) is 0 Å². The van der Waals surface area contributed by atoms with Crippen LogP contribution in [0.25, 0.3) is 15.9 Å². The van der Waals surface area contributed by atoms with Crippen molar-refractivity contribution in [1.29, 1.82) is 0 Å². The highest BCUT2D eigenvalue weighted by atomic mass is 32.2. The van der Waals surface area contributed by atoms with Gasteiger partial charge in [0.15, 0.2) is 10.8 Å². The SMILES string of the molecule is CCSc1nc2sc3c(c2c2n[nH]c(=S)n12)CC(C)(C)OC3. The lowest BCUT2D eigenvalue weighted by Crippen LogP contribution is -2.31. The third-order valence-electron chi connectivity index (χ3n) is 3.83.